The molecule has 1 heteroatoms. The average Bonchev–Trinajstić information content (AvgIpc) is 2.26. The van der Waals surface area contributed by atoms with Gasteiger partial charge in [0.2, 0.25) is 0 Å². The van der Waals surface area contributed by atoms with Crippen LogP contribution in [-0.2, 0) is 0 Å². The molecule has 2 aromatic carbocycles. The number of fused-ring (bicyclic) bond motifs is 1. The standard InChI is InChI=1S/C13H10Se/c1-14-10-9-12-7-4-6-11-5-2-3-8-13(11)12/h2-8H,1H3. The molecule has 0 aliphatic rings. The van der Waals surface area contributed by atoms with Crippen molar-refractivity contribution in [3.63, 3.8) is 0 Å². The molecule has 2 rings (SSSR count). The zero-order valence-corrected chi connectivity index (χ0v) is 9.66. The van der Waals surface area contributed by atoms with Gasteiger partial charge >= 0.3 is 90.3 Å². The van der Waals surface area contributed by atoms with E-state index in [-0.39, 0.29) is 0 Å². The molecule has 0 radical (unpaired) electrons. The average molecular weight is 245 g/mol. The molecule has 0 bridgehead atoms. The Morgan fingerprint density at radius 2 is 1.79 bits per heavy atom. The molecule has 0 saturated carbocycles. The van der Waals surface area contributed by atoms with Crippen LogP contribution >= 0.6 is 0 Å². The van der Waals surface area contributed by atoms with E-state index in [1.165, 1.54) is 10.8 Å². The van der Waals surface area contributed by atoms with Crippen LogP contribution in [0.4, 0.5) is 0 Å². The normalized spacial score (nSPS) is 9.50. The molecule has 0 N–H and O–H groups in total. The van der Waals surface area contributed by atoms with Crippen molar-refractivity contribution in [3.8, 4) is 10.7 Å². The van der Waals surface area contributed by atoms with E-state index in [9.17, 15) is 0 Å². The Balaban J connectivity index is 2.65. The molecule has 0 atom stereocenters. The van der Waals surface area contributed by atoms with Gasteiger partial charge in [0.05, 0.1) is 0 Å². The second kappa shape index (κ2) is 4.33. The van der Waals surface area contributed by atoms with Crippen LogP contribution in [0.3, 0.4) is 0 Å². The van der Waals surface area contributed by atoms with Gasteiger partial charge in [-0.1, -0.05) is 0 Å². The van der Waals surface area contributed by atoms with Gasteiger partial charge in [0.25, 0.3) is 0 Å². The second-order valence-corrected chi connectivity index (χ2v) is 4.24. The molecule has 0 aliphatic carbocycles. The molecule has 68 valence electrons. The molecule has 0 nitrogen and oxygen atoms in total. The van der Waals surface area contributed by atoms with Crippen LogP contribution in [0, 0.1) is 10.7 Å². The van der Waals surface area contributed by atoms with Crippen LogP contribution in [0.5, 0.6) is 0 Å². The van der Waals surface area contributed by atoms with Crippen LogP contribution in [0.1, 0.15) is 5.56 Å². The van der Waals surface area contributed by atoms with Gasteiger partial charge in [-0.05, 0) is 0 Å². The summed E-state index contributed by atoms with van der Waals surface area (Å²) >= 11 is 0.428. The Hall–Kier alpha value is -1.22. The van der Waals surface area contributed by atoms with E-state index >= 15 is 0 Å². The molecule has 0 fully saturated rings. The molecule has 0 heterocycles. The van der Waals surface area contributed by atoms with Crippen molar-refractivity contribution in [2.45, 2.75) is 5.82 Å². The second-order valence-electron chi connectivity index (χ2n) is 2.96. The van der Waals surface area contributed by atoms with Gasteiger partial charge in [-0.15, -0.1) is 0 Å². The van der Waals surface area contributed by atoms with E-state index in [1.807, 2.05) is 0 Å². The van der Waals surface area contributed by atoms with E-state index in [4.69, 9.17) is 0 Å². The summed E-state index contributed by atoms with van der Waals surface area (Å²) in [6.07, 6.45) is 0. The van der Waals surface area contributed by atoms with E-state index < -0.39 is 0 Å². The van der Waals surface area contributed by atoms with Crippen LogP contribution in [0.25, 0.3) is 10.8 Å². The third-order valence-corrected chi connectivity index (χ3v) is 2.72. The number of hydrogen-bond donors (Lipinski definition) is 0. The summed E-state index contributed by atoms with van der Waals surface area (Å²) in [4.78, 5) is 3.17. The van der Waals surface area contributed by atoms with Gasteiger partial charge in [-0.25, -0.2) is 0 Å². The first kappa shape index (κ1) is 9.34. The van der Waals surface area contributed by atoms with Gasteiger partial charge < -0.3 is 0 Å². The summed E-state index contributed by atoms with van der Waals surface area (Å²) in [6.45, 7) is 0. The summed E-state index contributed by atoms with van der Waals surface area (Å²) in [5.41, 5.74) is 1.15. The molecular formula is C13H10Se. The predicted molar refractivity (Wildman–Crippen MR) is 62.4 cm³/mol. The zero-order valence-electron chi connectivity index (χ0n) is 7.95. The summed E-state index contributed by atoms with van der Waals surface area (Å²) in [5, 5.41) is 2.52. The first-order valence-corrected chi connectivity index (χ1v) is 7.00. The fourth-order valence-corrected chi connectivity index (χ4v) is 1.89. The van der Waals surface area contributed by atoms with Gasteiger partial charge in [-0.3, -0.25) is 0 Å². The van der Waals surface area contributed by atoms with E-state index in [2.05, 4.69) is 59.0 Å². The van der Waals surface area contributed by atoms with Crippen molar-refractivity contribution in [1.29, 1.82) is 0 Å². The molecule has 0 aliphatic heterocycles. The molecule has 14 heavy (non-hydrogen) atoms. The fourth-order valence-electron chi connectivity index (χ4n) is 1.44. The number of benzene rings is 2. The molecule has 0 amide bonds. The van der Waals surface area contributed by atoms with E-state index in [0.29, 0.717) is 15.0 Å². The SMILES string of the molecule is C[Se]C#Cc1cccc2ccccc12. The Labute approximate surface area is 90.5 Å². The van der Waals surface area contributed by atoms with Crippen molar-refractivity contribution in [2.24, 2.45) is 0 Å². The van der Waals surface area contributed by atoms with Crippen molar-refractivity contribution in [2.75, 3.05) is 0 Å². The van der Waals surface area contributed by atoms with E-state index in [1.54, 1.807) is 0 Å². The van der Waals surface area contributed by atoms with Crippen LogP contribution in [-0.4, -0.2) is 15.0 Å². The zero-order chi connectivity index (χ0) is 9.80. The minimum atomic E-state index is 0.428. The quantitative estimate of drug-likeness (QED) is 0.494. The first-order valence-electron chi connectivity index (χ1n) is 4.43. The Kier molecular flexibility index (Phi) is 2.89. The number of hydrogen-bond acceptors (Lipinski definition) is 0. The van der Waals surface area contributed by atoms with Crippen molar-refractivity contribution in [1.82, 2.24) is 0 Å². The maximum absolute atomic E-state index is 3.22. The van der Waals surface area contributed by atoms with Crippen LogP contribution < -0.4 is 0 Å². The summed E-state index contributed by atoms with van der Waals surface area (Å²) < 4.78 is 0. The fraction of sp³-hybridized carbons (Fsp3) is 0.0769. The summed E-state index contributed by atoms with van der Waals surface area (Å²) in [5.74, 6) is 5.35. The summed E-state index contributed by atoms with van der Waals surface area (Å²) in [7, 11) is 0. The third-order valence-electron chi connectivity index (χ3n) is 2.08. The summed E-state index contributed by atoms with van der Waals surface area (Å²) in [6, 6.07) is 14.6. The topological polar surface area (TPSA) is 0 Å². The van der Waals surface area contributed by atoms with Crippen molar-refractivity contribution < 1.29 is 0 Å². The van der Waals surface area contributed by atoms with Crippen LogP contribution in [0.2, 0.25) is 5.82 Å². The third kappa shape index (κ3) is 1.82. The minimum absolute atomic E-state index is 0.428. The monoisotopic (exact) mass is 246 g/mol. The number of rotatable bonds is 0. The Morgan fingerprint density at radius 3 is 2.64 bits per heavy atom. The van der Waals surface area contributed by atoms with Gasteiger partial charge in [-0.2, -0.15) is 0 Å². The molecule has 0 unspecified atom stereocenters. The van der Waals surface area contributed by atoms with Crippen molar-refractivity contribution >= 4 is 25.7 Å². The molecule has 0 saturated heterocycles. The Bertz CT molecular complexity index is 498. The van der Waals surface area contributed by atoms with Gasteiger partial charge in [0, 0.05) is 0 Å². The molecule has 0 spiro atoms. The predicted octanol–water partition coefficient (Wildman–Crippen LogP) is 2.90. The van der Waals surface area contributed by atoms with Gasteiger partial charge in [0.1, 0.15) is 0 Å². The van der Waals surface area contributed by atoms with E-state index in [0.717, 1.165) is 5.56 Å². The molecule has 2 aromatic rings. The first-order chi connectivity index (χ1) is 6.92. The van der Waals surface area contributed by atoms with Gasteiger partial charge in [0.15, 0.2) is 0 Å². The Morgan fingerprint density at radius 1 is 1.00 bits per heavy atom. The molecular weight excluding hydrogens is 235 g/mol. The maximum atomic E-state index is 3.22. The van der Waals surface area contributed by atoms with Crippen LogP contribution in [0.15, 0.2) is 42.5 Å². The van der Waals surface area contributed by atoms with Crippen molar-refractivity contribution in [3.05, 3.63) is 48.0 Å². The molecule has 0 aromatic heterocycles.